The van der Waals surface area contributed by atoms with E-state index >= 15 is 0 Å². The van der Waals surface area contributed by atoms with E-state index in [4.69, 9.17) is 10.00 Å². The number of rotatable bonds is 6. The van der Waals surface area contributed by atoms with Gasteiger partial charge in [0.05, 0.1) is 30.9 Å². The summed E-state index contributed by atoms with van der Waals surface area (Å²) in [5, 5.41) is 14.7. The molecule has 24 heavy (non-hydrogen) atoms. The smallest absolute Gasteiger partial charge is 0.0991 e. The molecule has 4 nitrogen and oxygen atoms in total. The van der Waals surface area contributed by atoms with Crippen molar-refractivity contribution in [1.29, 1.82) is 5.26 Å². The molecular weight excluding hydrogens is 318 g/mol. The van der Waals surface area contributed by atoms with Crippen LogP contribution in [0.5, 0.6) is 0 Å². The molecule has 0 unspecified atom stereocenters. The van der Waals surface area contributed by atoms with E-state index in [-0.39, 0.29) is 6.04 Å². The molecule has 0 spiro atoms. The van der Waals surface area contributed by atoms with Gasteiger partial charge in [-0.1, -0.05) is 18.2 Å². The molecule has 1 aliphatic rings. The Morgan fingerprint density at radius 1 is 1.25 bits per heavy atom. The van der Waals surface area contributed by atoms with E-state index in [0.29, 0.717) is 11.6 Å². The Hall–Kier alpha value is -1.71. The lowest BCUT2D eigenvalue weighted by molar-refractivity contribution is 0.0164. The number of hydrogen-bond acceptors (Lipinski definition) is 5. The van der Waals surface area contributed by atoms with Crippen LogP contribution in [0.15, 0.2) is 41.8 Å². The molecule has 1 aromatic carbocycles. The van der Waals surface area contributed by atoms with Gasteiger partial charge in [-0.25, -0.2) is 0 Å². The van der Waals surface area contributed by atoms with Crippen LogP contribution < -0.4 is 5.32 Å². The van der Waals surface area contributed by atoms with Crippen molar-refractivity contribution in [2.24, 2.45) is 0 Å². The van der Waals surface area contributed by atoms with E-state index in [9.17, 15) is 0 Å². The predicted molar refractivity (Wildman–Crippen MR) is 97.0 cm³/mol. The van der Waals surface area contributed by atoms with Gasteiger partial charge in [-0.3, -0.25) is 4.90 Å². The van der Waals surface area contributed by atoms with Crippen molar-refractivity contribution < 1.29 is 4.74 Å². The van der Waals surface area contributed by atoms with Crippen molar-refractivity contribution in [2.75, 3.05) is 32.8 Å². The minimum atomic E-state index is 0.251. The third-order valence-electron chi connectivity index (χ3n) is 4.52. The number of ether oxygens (including phenoxy) is 1. The molecule has 1 fully saturated rings. The lowest BCUT2D eigenvalue weighted by atomic mass is 10.1. The topological polar surface area (TPSA) is 48.3 Å². The molecule has 1 saturated heterocycles. The molecule has 0 saturated carbocycles. The van der Waals surface area contributed by atoms with E-state index in [1.807, 2.05) is 35.6 Å². The zero-order valence-electron chi connectivity index (χ0n) is 13.9. The normalized spacial score (nSPS) is 18.0. The second kappa shape index (κ2) is 8.41. The summed E-state index contributed by atoms with van der Waals surface area (Å²) < 4.78 is 5.50. The largest absolute Gasteiger partial charge is 0.379 e. The summed E-state index contributed by atoms with van der Waals surface area (Å²) in [7, 11) is 0. The average molecular weight is 341 g/mol. The molecule has 5 heteroatoms. The van der Waals surface area contributed by atoms with Crippen LogP contribution >= 0.6 is 11.3 Å². The summed E-state index contributed by atoms with van der Waals surface area (Å²) in [6.07, 6.45) is 0. The number of thiophene rings is 1. The molecule has 0 amide bonds. The van der Waals surface area contributed by atoms with Crippen LogP contribution in [-0.4, -0.2) is 37.7 Å². The number of benzene rings is 1. The average Bonchev–Trinajstić information content (AvgIpc) is 3.17. The van der Waals surface area contributed by atoms with Gasteiger partial charge in [0.2, 0.25) is 0 Å². The molecular formula is C19H23N3OS. The van der Waals surface area contributed by atoms with E-state index in [0.717, 1.165) is 32.8 Å². The highest BCUT2D eigenvalue weighted by atomic mass is 32.1. The minimum Gasteiger partial charge on any atom is -0.379 e. The van der Waals surface area contributed by atoms with Crippen molar-refractivity contribution in [2.45, 2.75) is 19.0 Å². The molecule has 2 atom stereocenters. The Bertz CT molecular complexity index is 657. The van der Waals surface area contributed by atoms with Gasteiger partial charge in [0.25, 0.3) is 0 Å². The number of morpholine rings is 1. The Balaban J connectivity index is 1.65. The van der Waals surface area contributed by atoms with Crippen molar-refractivity contribution >= 4 is 11.3 Å². The predicted octanol–water partition coefficient (Wildman–Crippen LogP) is 3.34. The summed E-state index contributed by atoms with van der Waals surface area (Å²) in [6.45, 7) is 6.67. The molecule has 2 heterocycles. The first-order valence-corrected chi connectivity index (χ1v) is 9.24. The van der Waals surface area contributed by atoms with Gasteiger partial charge in [0.1, 0.15) is 0 Å². The summed E-state index contributed by atoms with van der Waals surface area (Å²) in [5.41, 5.74) is 1.91. The monoisotopic (exact) mass is 341 g/mol. The van der Waals surface area contributed by atoms with E-state index in [2.05, 4.69) is 40.7 Å². The molecule has 0 radical (unpaired) electrons. The lowest BCUT2D eigenvalue weighted by Gasteiger charge is -2.34. The minimum absolute atomic E-state index is 0.251. The van der Waals surface area contributed by atoms with E-state index in [1.54, 1.807) is 0 Å². The maximum atomic E-state index is 8.91. The molecule has 0 aliphatic carbocycles. The Morgan fingerprint density at radius 3 is 2.62 bits per heavy atom. The molecule has 1 aromatic heterocycles. The molecule has 1 aliphatic heterocycles. The molecule has 3 rings (SSSR count). The van der Waals surface area contributed by atoms with Gasteiger partial charge < -0.3 is 10.1 Å². The Labute approximate surface area is 147 Å². The fraction of sp³-hybridized carbons (Fsp3) is 0.421. The van der Waals surface area contributed by atoms with Gasteiger partial charge in [-0.05, 0) is 36.1 Å². The van der Waals surface area contributed by atoms with Crippen LogP contribution in [0.2, 0.25) is 0 Å². The SMILES string of the molecule is C[C@@H](NC[C@H](c1cccs1)N1CCOCC1)c1ccc(C#N)cc1. The van der Waals surface area contributed by atoms with Gasteiger partial charge in [-0.2, -0.15) is 5.26 Å². The summed E-state index contributed by atoms with van der Waals surface area (Å²) in [4.78, 5) is 3.91. The zero-order valence-corrected chi connectivity index (χ0v) is 14.8. The maximum absolute atomic E-state index is 8.91. The van der Waals surface area contributed by atoms with Crippen LogP contribution in [0.25, 0.3) is 0 Å². The first kappa shape index (κ1) is 17.1. The highest BCUT2D eigenvalue weighted by Crippen LogP contribution is 2.26. The molecule has 2 aromatic rings. The zero-order chi connectivity index (χ0) is 16.8. The van der Waals surface area contributed by atoms with Gasteiger partial charge in [0, 0.05) is 30.6 Å². The highest BCUT2D eigenvalue weighted by Gasteiger charge is 2.23. The summed E-state index contributed by atoms with van der Waals surface area (Å²) in [5.74, 6) is 0. The Morgan fingerprint density at radius 2 is 2.00 bits per heavy atom. The van der Waals surface area contributed by atoms with Crippen LogP contribution in [0.4, 0.5) is 0 Å². The Kier molecular flexibility index (Phi) is 6.00. The van der Waals surface area contributed by atoms with Gasteiger partial charge >= 0.3 is 0 Å². The van der Waals surface area contributed by atoms with Crippen molar-refractivity contribution in [3.8, 4) is 6.07 Å². The van der Waals surface area contributed by atoms with Gasteiger partial charge in [-0.15, -0.1) is 11.3 Å². The third-order valence-corrected chi connectivity index (χ3v) is 5.49. The van der Waals surface area contributed by atoms with Crippen molar-refractivity contribution in [3.05, 3.63) is 57.8 Å². The number of nitriles is 1. The fourth-order valence-corrected chi connectivity index (χ4v) is 3.89. The van der Waals surface area contributed by atoms with Gasteiger partial charge in [0.15, 0.2) is 0 Å². The second-order valence-corrected chi connectivity index (χ2v) is 7.02. The maximum Gasteiger partial charge on any atom is 0.0991 e. The third kappa shape index (κ3) is 4.22. The van der Waals surface area contributed by atoms with Crippen LogP contribution in [0.1, 0.15) is 35.0 Å². The number of nitrogens with zero attached hydrogens (tertiary/aromatic N) is 2. The van der Waals surface area contributed by atoms with Crippen LogP contribution in [0, 0.1) is 11.3 Å². The fourth-order valence-electron chi connectivity index (χ4n) is 3.03. The van der Waals surface area contributed by atoms with E-state index in [1.165, 1.54) is 10.4 Å². The quantitative estimate of drug-likeness (QED) is 0.875. The summed E-state index contributed by atoms with van der Waals surface area (Å²) >= 11 is 1.82. The lowest BCUT2D eigenvalue weighted by Crippen LogP contribution is -2.42. The summed E-state index contributed by atoms with van der Waals surface area (Å²) in [6, 6.07) is 15.0. The number of nitrogens with one attached hydrogen (secondary N) is 1. The molecule has 126 valence electrons. The van der Waals surface area contributed by atoms with E-state index < -0.39 is 0 Å². The van der Waals surface area contributed by atoms with Crippen molar-refractivity contribution in [1.82, 2.24) is 10.2 Å². The molecule has 0 bridgehead atoms. The van der Waals surface area contributed by atoms with Crippen LogP contribution in [-0.2, 0) is 4.74 Å². The molecule has 1 N–H and O–H groups in total. The number of hydrogen-bond donors (Lipinski definition) is 1. The highest BCUT2D eigenvalue weighted by molar-refractivity contribution is 7.10. The van der Waals surface area contributed by atoms with Crippen LogP contribution in [0.3, 0.4) is 0 Å². The van der Waals surface area contributed by atoms with Crippen molar-refractivity contribution in [3.63, 3.8) is 0 Å². The second-order valence-electron chi connectivity index (χ2n) is 6.04. The standard InChI is InChI=1S/C19H23N3OS/c1-15(17-6-4-16(13-20)5-7-17)21-14-18(19-3-2-12-24-19)22-8-10-23-11-9-22/h2-7,12,15,18,21H,8-11,14H2,1H3/t15-,18-/m1/s1. The first-order chi connectivity index (χ1) is 11.8. The first-order valence-electron chi connectivity index (χ1n) is 8.36.